The van der Waals surface area contributed by atoms with Gasteiger partial charge in [0.1, 0.15) is 5.01 Å². The molecule has 0 aliphatic heterocycles. The molecule has 3 aromatic rings. The molecule has 0 aliphatic rings. The Labute approximate surface area is 121 Å². The van der Waals surface area contributed by atoms with Gasteiger partial charge in [-0.3, -0.25) is 14.2 Å². The fourth-order valence-corrected chi connectivity index (χ4v) is 2.64. The van der Waals surface area contributed by atoms with Crippen molar-refractivity contribution in [1.82, 2.24) is 14.5 Å². The Morgan fingerprint density at radius 3 is 2.86 bits per heavy atom. The molecule has 0 saturated heterocycles. The van der Waals surface area contributed by atoms with Crippen LogP contribution in [0.2, 0.25) is 0 Å². The second-order valence-corrected chi connectivity index (χ2v) is 5.29. The maximum atomic E-state index is 12.0. The number of carbonyl (C=O) groups is 1. The Bertz CT molecular complexity index is 940. The highest BCUT2D eigenvalue weighted by Gasteiger charge is 2.11. The molecule has 0 unspecified atom stereocenters. The van der Waals surface area contributed by atoms with Gasteiger partial charge < -0.3 is 10.1 Å². The number of aromatic amines is 1. The number of hydrogen-bond acceptors (Lipinski definition) is 5. The summed E-state index contributed by atoms with van der Waals surface area (Å²) >= 11 is 1.37. The first-order chi connectivity index (χ1) is 10.1. The molecule has 0 amide bonds. The summed E-state index contributed by atoms with van der Waals surface area (Å²) in [5.74, 6) is -1.10. The Morgan fingerprint density at radius 2 is 2.19 bits per heavy atom. The average Bonchev–Trinajstić information content (AvgIpc) is 2.96. The lowest BCUT2D eigenvalue weighted by molar-refractivity contribution is 0.0697. The van der Waals surface area contributed by atoms with Gasteiger partial charge in [-0.2, -0.15) is 0 Å². The second kappa shape index (κ2) is 4.98. The van der Waals surface area contributed by atoms with Gasteiger partial charge in [0, 0.05) is 11.6 Å². The number of carboxylic acids is 1. The molecule has 0 spiro atoms. The number of thiazole rings is 1. The first-order valence-electron chi connectivity index (χ1n) is 5.95. The minimum Gasteiger partial charge on any atom is -0.478 e. The Morgan fingerprint density at radius 1 is 1.38 bits per heavy atom. The quantitative estimate of drug-likeness (QED) is 0.699. The van der Waals surface area contributed by atoms with Crippen LogP contribution in [-0.4, -0.2) is 25.6 Å². The number of hydrogen-bond donors (Lipinski definition) is 2. The Balaban J connectivity index is 2.26. The Hall–Kier alpha value is -2.74. The van der Waals surface area contributed by atoms with E-state index in [9.17, 15) is 14.4 Å². The number of fused-ring (bicyclic) bond motifs is 1. The number of aromatic carboxylic acids is 1. The van der Waals surface area contributed by atoms with Gasteiger partial charge >= 0.3 is 17.1 Å². The van der Waals surface area contributed by atoms with Gasteiger partial charge in [-0.15, -0.1) is 11.3 Å². The second-order valence-electron chi connectivity index (χ2n) is 4.31. The fraction of sp³-hybridized carbons (Fsp3) is 0.0769. The predicted octanol–water partition coefficient (Wildman–Crippen LogP) is 0.893. The highest BCUT2D eigenvalue weighted by atomic mass is 32.1. The lowest BCUT2D eigenvalue weighted by Gasteiger charge is -2.08. The van der Waals surface area contributed by atoms with Crippen molar-refractivity contribution in [2.45, 2.75) is 6.54 Å². The van der Waals surface area contributed by atoms with E-state index in [4.69, 9.17) is 5.11 Å². The number of aromatic nitrogens is 3. The summed E-state index contributed by atoms with van der Waals surface area (Å²) in [4.78, 5) is 41.2. The average molecular weight is 303 g/mol. The van der Waals surface area contributed by atoms with Crippen molar-refractivity contribution in [2.24, 2.45) is 0 Å². The van der Waals surface area contributed by atoms with Crippen molar-refractivity contribution in [3.63, 3.8) is 0 Å². The molecule has 0 bridgehead atoms. The zero-order valence-electron chi connectivity index (χ0n) is 10.6. The molecule has 21 heavy (non-hydrogen) atoms. The SMILES string of the molecule is O=C(O)c1ccc2c(c1)[nH]c(=O)c(=O)n2Cc1nccs1. The molecule has 0 radical (unpaired) electrons. The minimum absolute atomic E-state index is 0.0394. The summed E-state index contributed by atoms with van der Waals surface area (Å²) in [5, 5.41) is 11.4. The molecule has 3 rings (SSSR count). The van der Waals surface area contributed by atoms with Crippen molar-refractivity contribution >= 4 is 28.3 Å². The summed E-state index contributed by atoms with van der Waals surface area (Å²) in [6.45, 7) is 0.170. The number of carboxylic acid groups (broad SMARTS) is 1. The third kappa shape index (κ3) is 2.36. The van der Waals surface area contributed by atoms with Crippen LogP contribution in [0.5, 0.6) is 0 Å². The minimum atomic E-state index is -1.10. The summed E-state index contributed by atoms with van der Waals surface area (Å²) in [5.41, 5.74) is -0.684. The predicted molar refractivity (Wildman–Crippen MR) is 77.0 cm³/mol. The molecule has 0 aliphatic carbocycles. The van der Waals surface area contributed by atoms with E-state index in [-0.39, 0.29) is 12.1 Å². The maximum absolute atomic E-state index is 12.0. The van der Waals surface area contributed by atoms with E-state index in [1.54, 1.807) is 11.6 Å². The Kier molecular flexibility index (Phi) is 3.15. The van der Waals surface area contributed by atoms with Crippen LogP contribution in [-0.2, 0) is 6.54 Å². The van der Waals surface area contributed by atoms with Crippen molar-refractivity contribution in [3.05, 3.63) is 61.1 Å². The van der Waals surface area contributed by atoms with Crippen LogP contribution in [0, 0.1) is 0 Å². The normalized spacial score (nSPS) is 10.9. The monoisotopic (exact) mass is 303 g/mol. The molecule has 2 heterocycles. The molecule has 2 aromatic heterocycles. The highest BCUT2D eigenvalue weighted by Crippen LogP contribution is 2.14. The van der Waals surface area contributed by atoms with Crippen LogP contribution < -0.4 is 11.1 Å². The molecule has 106 valence electrons. The van der Waals surface area contributed by atoms with E-state index < -0.39 is 17.1 Å². The molecular formula is C13H9N3O4S. The van der Waals surface area contributed by atoms with Crippen LogP contribution in [0.3, 0.4) is 0 Å². The zero-order chi connectivity index (χ0) is 15.0. The fourth-order valence-electron chi connectivity index (χ4n) is 2.04. The highest BCUT2D eigenvalue weighted by molar-refractivity contribution is 7.09. The number of H-pyrrole nitrogens is 1. The van der Waals surface area contributed by atoms with E-state index in [0.717, 1.165) is 0 Å². The van der Waals surface area contributed by atoms with Crippen LogP contribution in [0.15, 0.2) is 39.4 Å². The smallest absolute Gasteiger partial charge is 0.335 e. The summed E-state index contributed by atoms with van der Waals surface area (Å²) in [6.07, 6.45) is 1.61. The van der Waals surface area contributed by atoms with Gasteiger partial charge in [-0.25, -0.2) is 9.78 Å². The standard InChI is InChI=1S/C13H9N3O4S/c17-11-12(18)16(6-10-14-3-4-21-10)9-2-1-7(13(19)20)5-8(9)15-11/h1-5H,6H2,(H,15,17)(H,19,20). The van der Waals surface area contributed by atoms with Crippen molar-refractivity contribution in [3.8, 4) is 0 Å². The first-order valence-corrected chi connectivity index (χ1v) is 6.83. The van der Waals surface area contributed by atoms with E-state index in [1.165, 1.54) is 34.1 Å². The molecule has 0 saturated carbocycles. The first kappa shape index (κ1) is 13.3. The van der Waals surface area contributed by atoms with E-state index in [2.05, 4.69) is 9.97 Å². The third-order valence-corrected chi connectivity index (χ3v) is 3.76. The maximum Gasteiger partial charge on any atom is 0.335 e. The number of benzene rings is 1. The van der Waals surface area contributed by atoms with Gasteiger partial charge in [-0.1, -0.05) is 0 Å². The van der Waals surface area contributed by atoms with Crippen molar-refractivity contribution in [2.75, 3.05) is 0 Å². The number of rotatable bonds is 3. The summed E-state index contributed by atoms with van der Waals surface area (Å²) in [6, 6.07) is 4.22. The van der Waals surface area contributed by atoms with Crippen LogP contribution in [0.4, 0.5) is 0 Å². The van der Waals surface area contributed by atoms with E-state index in [0.29, 0.717) is 16.0 Å². The zero-order valence-corrected chi connectivity index (χ0v) is 11.4. The van der Waals surface area contributed by atoms with Gasteiger partial charge in [-0.05, 0) is 18.2 Å². The van der Waals surface area contributed by atoms with E-state index in [1.807, 2.05) is 0 Å². The van der Waals surface area contributed by atoms with Gasteiger partial charge in [0.2, 0.25) is 0 Å². The summed E-state index contributed by atoms with van der Waals surface area (Å²) in [7, 11) is 0. The molecule has 1 aromatic carbocycles. The van der Waals surface area contributed by atoms with Gasteiger partial charge in [0.25, 0.3) is 0 Å². The number of nitrogens with one attached hydrogen (secondary N) is 1. The summed E-state index contributed by atoms with van der Waals surface area (Å²) < 4.78 is 1.29. The van der Waals surface area contributed by atoms with Crippen molar-refractivity contribution < 1.29 is 9.90 Å². The topological polar surface area (TPSA) is 105 Å². The lowest BCUT2D eigenvalue weighted by Crippen LogP contribution is -2.36. The molecule has 0 atom stereocenters. The largest absolute Gasteiger partial charge is 0.478 e. The molecule has 0 fully saturated rings. The lowest BCUT2D eigenvalue weighted by atomic mass is 10.2. The van der Waals surface area contributed by atoms with Crippen LogP contribution in [0.25, 0.3) is 11.0 Å². The van der Waals surface area contributed by atoms with Crippen LogP contribution >= 0.6 is 11.3 Å². The molecular weight excluding hydrogens is 294 g/mol. The van der Waals surface area contributed by atoms with Gasteiger partial charge in [0.05, 0.1) is 23.1 Å². The van der Waals surface area contributed by atoms with Crippen molar-refractivity contribution in [1.29, 1.82) is 0 Å². The van der Waals surface area contributed by atoms with Crippen LogP contribution in [0.1, 0.15) is 15.4 Å². The van der Waals surface area contributed by atoms with Gasteiger partial charge in [0.15, 0.2) is 0 Å². The van der Waals surface area contributed by atoms with E-state index >= 15 is 0 Å². The molecule has 8 heteroatoms. The third-order valence-electron chi connectivity index (χ3n) is 3.00. The molecule has 2 N–H and O–H groups in total. The molecule has 7 nitrogen and oxygen atoms in total. The number of nitrogens with zero attached hydrogens (tertiary/aromatic N) is 2.